The summed E-state index contributed by atoms with van der Waals surface area (Å²) in [6, 6.07) is 57.3. The Kier molecular flexibility index (Phi) is 5.19. The third kappa shape index (κ3) is 3.50. The second-order valence-electron chi connectivity index (χ2n) is 11.7. The van der Waals surface area contributed by atoms with Crippen molar-refractivity contribution < 1.29 is 0 Å². The molecule has 7 aromatic carbocycles. The van der Waals surface area contributed by atoms with Gasteiger partial charge in [0, 0.05) is 53.1 Å². The first-order valence-corrected chi connectivity index (χ1v) is 16.2. The standard InChI is InChI=1S/C42H26N2S/c1-3-12-27(13-4-1)28-14-11-17-30(26-28)44-36-21-10-8-19-34(36)40-38(44)25-23-32-31-22-24-37-39(41(31)45-42(32)40)33-18-7-9-20-35(33)43(37)29-15-5-2-6-16-29/h1-26H. The molecule has 0 spiro atoms. The molecule has 0 saturated heterocycles. The Morgan fingerprint density at radius 2 is 0.822 bits per heavy atom. The minimum atomic E-state index is 1.18. The fraction of sp³-hybridized carbons (Fsp3) is 0. The van der Waals surface area contributed by atoms with Gasteiger partial charge in [0.2, 0.25) is 0 Å². The first-order chi connectivity index (χ1) is 22.3. The maximum atomic E-state index is 2.44. The highest BCUT2D eigenvalue weighted by molar-refractivity contribution is 7.27. The highest BCUT2D eigenvalue weighted by Crippen LogP contribution is 2.47. The van der Waals surface area contributed by atoms with E-state index in [-0.39, 0.29) is 0 Å². The second kappa shape index (κ2) is 9.43. The third-order valence-corrected chi connectivity index (χ3v) is 10.6. The Labute approximate surface area is 263 Å². The molecule has 0 aliphatic carbocycles. The third-order valence-electron chi connectivity index (χ3n) is 9.30. The normalized spacial score (nSPS) is 12.0. The van der Waals surface area contributed by atoms with E-state index in [0.29, 0.717) is 0 Å². The number of hydrogen-bond acceptors (Lipinski definition) is 1. The summed E-state index contributed by atoms with van der Waals surface area (Å²) < 4.78 is 7.55. The zero-order chi connectivity index (χ0) is 29.5. The smallest absolute Gasteiger partial charge is 0.0555 e. The molecule has 10 rings (SSSR count). The quantitative estimate of drug-likeness (QED) is 0.194. The molecule has 0 fully saturated rings. The van der Waals surface area contributed by atoms with Crippen LogP contribution in [-0.4, -0.2) is 9.13 Å². The molecule has 0 atom stereocenters. The van der Waals surface area contributed by atoms with Crippen molar-refractivity contribution in [2.24, 2.45) is 0 Å². The van der Waals surface area contributed by atoms with E-state index in [1.54, 1.807) is 0 Å². The van der Waals surface area contributed by atoms with Gasteiger partial charge in [-0.15, -0.1) is 11.3 Å². The van der Waals surface area contributed by atoms with E-state index in [9.17, 15) is 0 Å². The Morgan fingerprint density at radius 1 is 0.333 bits per heavy atom. The molecule has 0 radical (unpaired) electrons. The number of hydrogen-bond donors (Lipinski definition) is 0. The fourth-order valence-electron chi connectivity index (χ4n) is 7.38. The number of para-hydroxylation sites is 3. The molecule has 3 heterocycles. The van der Waals surface area contributed by atoms with E-state index in [1.807, 2.05) is 11.3 Å². The van der Waals surface area contributed by atoms with Gasteiger partial charge < -0.3 is 9.13 Å². The molecule has 210 valence electrons. The Hall–Kier alpha value is -5.64. The minimum Gasteiger partial charge on any atom is -0.309 e. The summed E-state index contributed by atoms with van der Waals surface area (Å²) in [5.74, 6) is 0. The van der Waals surface area contributed by atoms with Gasteiger partial charge in [0.1, 0.15) is 0 Å². The van der Waals surface area contributed by atoms with Crippen LogP contribution in [0.4, 0.5) is 0 Å². The summed E-state index contributed by atoms with van der Waals surface area (Å²) in [6.07, 6.45) is 0. The second-order valence-corrected chi connectivity index (χ2v) is 12.8. The lowest BCUT2D eigenvalue weighted by atomic mass is 10.1. The van der Waals surface area contributed by atoms with Crippen molar-refractivity contribution >= 4 is 75.1 Å². The SMILES string of the molecule is c1ccc(-c2cccc(-n3c4ccccc4c4c5sc6c(ccc7c6c6ccccc6n7-c6ccccc6)c5ccc43)c2)cc1. The zero-order valence-electron chi connectivity index (χ0n) is 24.3. The number of benzene rings is 7. The van der Waals surface area contributed by atoms with Crippen LogP contribution < -0.4 is 0 Å². The lowest BCUT2D eigenvalue weighted by Gasteiger charge is -2.10. The van der Waals surface area contributed by atoms with E-state index in [1.165, 1.54) is 86.3 Å². The molecule has 0 amide bonds. The van der Waals surface area contributed by atoms with E-state index in [0.717, 1.165) is 0 Å². The van der Waals surface area contributed by atoms with E-state index in [2.05, 4.69) is 167 Å². The highest BCUT2D eigenvalue weighted by Gasteiger charge is 2.21. The maximum absolute atomic E-state index is 2.44. The molecular formula is C42H26N2S. The van der Waals surface area contributed by atoms with Gasteiger partial charge in [-0.3, -0.25) is 0 Å². The largest absolute Gasteiger partial charge is 0.309 e. The molecule has 10 aromatic rings. The van der Waals surface area contributed by atoms with E-state index >= 15 is 0 Å². The Balaban J connectivity index is 1.30. The van der Waals surface area contributed by atoms with Gasteiger partial charge in [0.15, 0.2) is 0 Å². The first-order valence-electron chi connectivity index (χ1n) is 15.4. The number of nitrogens with zero attached hydrogens (tertiary/aromatic N) is 2. The number of fused-ring (bicyclic) bond motifs is 11. The van der Waals surface area contributed by atoms with Crippen LogP contribution in [0.3, 0.4) is 0 Å². The van der Waals surface area contributed by atoms with E-state index < -0.39 is 0 Å². The molecule has 45 heavy (non-hydrogen) atoms. The van der Waals surface area contributed by atoms with Gasteiger partial charge in [-0.05, 0) is 59.7 Å². The van der Waals surface area contributed by atoms with Gasteiger partial charge in [-0.1, -0.05) is 109 Å². The van der Waals surface area contributed by atoms with Crippen LogP contribution in [0.25, 0.3) is 86.3 Å². The topological polar surface area (TPSA) is 9.86 Å². The predicted molar refractivity (Wildman–Crippen MR) is 193 cm³/mol. The predicted octanol–water partition coefficient (Wildman–Crippen LogP) is 11.9. The summed E-state index contributed by atoms with van der Waals surface area (Å²) >= 11 is 1.94. The number of rotatable bonds is 3. The van der Waals surface area contributed by atoms with Gasteiger partial charge in [0.05, 0.1) is 22.1 Å². The van der Waals surface area contributed by atoms with Crippen molar-refractivity contribution in [3.63, 3.8) is 0 Å². The van der Waals surface area contributed by atoms with E-state index in [4.69, 9.17) is 0 Å². The van der Waals surface area contributed by atoms with Gasteiger partial charge in [0.25, 0.3) is 0 Å². The fourth-order valence-corrected chi connectivity index (χ4v) is 8.80. The van der Waals surface area contributed by atoms with Crippen molar-refractivity contribution in [2.45, 2.75) is 0 Å². The first kappa shape index (κ1) is 24.8. The molecule has 0 N–H and O–H groups in total. The van der Waals surface area contributed by atoms with Crippen molar-refractivity contribution in [2.75, 3.05) is 0 Å². The average Bonchev–Trinajstić information content (AvgIpc) is 3.76. The monoisotopic (exact) mass is 590 g/mol. The van der Waals surface area contributed by atoms with Crippen LogP contribution >= 0.6 is 11.3 Å². The summed E-state index contributed by atoms with van der Waals surface area (Å²) in [6.45, 7) is 0. The van der Waals surface area contributed by atoms with Gasteiger partial charge in [-0.25, -0.2) is 0 Å². The Morgan fingerprint density at radius 3 is 1.44 bits per heavy atom. The van der Waals surface area contributed by atoms with Crippen molar-refractivity contribution in [3.05, 3.63) is 158 Å². The lowest BCUT2D eigenvalue weighted by Crippen LogP contribution is -1.94. The average molecular weight is 591 g/mol. The van der Waals surface area contributed by atoms with Crippen LogP contribution in [0.2, 0.25) is 0 Å². The van der Waals surface area contributed by atoms with Crippen LogP contribution in [-0.2, 0) is 0 Å². The highest BCUT2D eigenvalue weighted by atomic mass is 32.1. The minimum absolute atomic E-state index is 1.18. The number of aromatic nitrogens is 2. The van der Waals surface area contributed by atoms with Gasteiger partial charge >= 0.3 is 0 Å². The van der Waals surface area contributed by atoms with Crippen molar-refractivity contribution in [1.82, 2.24) is 9.13 Å². The molecule has 0 aliphatic rings. The molecule has 0 bridgehead atoms. The lowest BCUT2D eigenvalue weighted by molar-refractivity contribution is 1.18. The molecule has 2 nitrogen and oxygen atoms in total. The maximum Gasteiger partial charge on any atom is 0.0555 e. The molecule has 3 heteroatoms. The molecule has 0 unspecified atom stereocenters. The molecule has 0 saturated carbocycles. The zero-order valence-corrected chi connectivity index (χ0v) is 25.1. The Bertz CT molecular complexity index is 2740. The molecular weight excluding hydrogens is 565 g/mol. The number of thiophene rings is 1. The molecule has 0 aliphatic heterocycles. The van der Waals surface area contributed by atoms with Crippen molar-refractivity contribution in [1.29, 1.82) is 0 Å². The summed E-state index contributed by atoms with van der Waals surface area (Å²) in [7, 11) is 0. The summed E-state index contributed by atoms with van der Waals surface area (Å²) in [4.78, 5) is 0. The van der Waals surface area contributed by atoms with Crippen LogP contribution in [0, 0.1) is 0 Å². The molecule has 3 aromatic heterocycles. The van der Waals surface area contributed by atoms with Crippen LogP contribution in [0.1, 0.15) is 0 Å². The van der Waals surface area contributed by atoms with Gasteiger partial charge in [-0.2, -0.15) is 0 Å². The van der Waals surface area contributed by atoms with Crippen molar-refractivity contribution in [3.8, 4) is 22.5 Å². The summed E-state index contributed by atoms with van der Waals surface area (Å²) in [5.41, 5.74) is 9.77. The van der Waals surface area contributed by atoms with Crippen LogP contribution in [0.15, 0.2) is 158 Å². The summed E-state index contributed by atoms with van der Waals surface area (Å²) in [5, 5.41) is 7.89. The van der Waals surface area contributed by atoms with Crippen LogP contribution in [0.5, 0.6) is 0 Å².